The van der Waals surface area contributed by atoms with Crippen LogP contribution in [0.2, 0.25) is 0 Å². The van der Waals surface area contributed by atoms with Crippen LogP contribution >= 0.6 is 15.9 Å². The predicted octanol–water partition coefficient (Wildman–Crippen LogP) is 5.55. The first-order valence-electron chi connectivity index (χ1n) is 6.60. The lowest BCUT2D eigenvalue weighted by molar-refractivity contribution is 0.584. The first-order chi connectivity index (χ1) is 9.43. The molecule has 0 bridgehead atoms. The van der Waals surface area contributed by atoms with E-state index in [9.17, 15) is 0 Å². The lowest BCUT2D eigenvalue weighted by Crippen LogP contribution is -2.10. The summed E-state index contributed by atoms with van der Waals surface area (Å²) in [4.78, 5) is 4.55. The third-order valence-corrected chi connectivity index (χ3v) is 3.87. The van der Waals surface area contributed by atoms with Crippen LogP contribution in [0.1, 0.15) is 26.3 Å². The zero-order valence-electron chi connectivity index (χ0n) is 11.8. The fourth-order valence-corrected chi connectivity index (χ4v) is 2.37. The summed E-state index contributed by atoms with van der Waals surface area (Å²) in [5.41, 5.74) is 4.09. The number of hydrogen-bond acceptors (Lipinski definition) is 2. The Bertz CT molecular complexity index is 751. The van der Waals surface area contributed by atoms with E-state index in [1.165, 1.54) is 5.56 Å². The van der Waals surface area contributed by atoms with Gasteiger partial charge in [0.1, 0.15) is 5.52 Å². The van der Waals surface area contributed by atoms with Gasteiger partial charge in [0.05, 0.1) is 0 Å². The molecule has 0 fully saturated rings. The van der Waals surface area contributed by atoms with E-state index in [0.29, 0.717) is 5.89 Å². The van der Waals surface area contributed by atoms with Gasteiger partial charge in [-0.2, -0.15) is 0 Å². The summed E-state index contributed by atoms with van der Waals surface area (Å²) < 4.78 is 6.95. The Labute approximate surface area is 127 Å². The van der Waals surface area contributed by atoms with Gasteiger partial charge in [0.15, 0.2) is 5.58 Å². The van der Waals surface area contributed by atoms with Gasteiger partial charge in [-0.3, -0.25) is 0 Å². The van der Waals surface area contributed by atoms with E-state index >= 15 is 0 Å². The van der Waals surface area contributed by atoms with Crippen LogP contribution in [0.5, 0.6) is 0 Å². The fourth-order valence-electron chi connectivity index (χ4n) is 2.11. The zero-order chi connectivity index (χ0) is 14.3. The maximum Gasteiger partial charge on any atom is 0.227 e. The lowest BCUT2D eigenvalue weighted by Gasteiger charge is -2.18. The molecule has 2 aromatic carbocycles. The fraction of sp³-hybridized carbons (Fsp3) is 0.235. The number of fused-ring (bicyclic) bond motifs is 1. The van der Waals surface area contributed by atoms with Crippen LogP contribution in [0, 0.1) is 0 Å². The van der Waals surface area contributed by atoms with Crippen molar-refractivity contribution in [1.82, 2.24) is 4.98 Å². The summed E-state index contributed by atoms with van der Waals surface area (Å²) in [6.07, 6.45) is 0. The Morgan fingerprint density at radius 3 is 2.35 bits per heavy atom. The molecular weight excluding hydrogens is 314 g/mol. The molecule has 1 aromatic heterocycles. The van der Waals surface area contributed by atoms with E-state index in [1.54, 1.807) is 0 Å². The van der Waals surface area contributed by atoms with Crippen LogP contribution in [-0.4, -0.2) is 4.98 Å². The standard InChI is InChI=1S/C17H16BrNO/c1-17(2,3)12-6-9-14-15(10-12)20-16(19-14)11-4-7-13(18)8-5-11/h4-10H,1-3H3. The van der Waals surface area contributed by atoms with Crippen molar-refractivity contribution in [3.05, 3.63) is 52.5 Å². The summed E-state index contributed by atoms with van der Waals surface area (Å²) in [5, 5.41) is 0. The third-order valence-electron chi connectivity index (χ3n) is 3.35. The maximum absolute atomic E-state index is 5.90. The molecule has 0 aliphatic carbocycles. The highest BCUT2D eigenvalue weighted by Crippen LogP contribution is 2.29. The highest BCUT2D eigenvalue weighted by Gasteiger charge is 2.16. The molecule has 2 nitrogen and oxygen atoms in total. The van der Waals surface area contributed by atoms with Crippen LogP contribution in [0.25, 0.3) is 22.6 Å². The molecule has 0 unspecified atom stereocenters. The average molecular weight is 330 g/mol. The zero-order valence-corrected chi connectivity index (χ0v) is 13.4. The molecule has 0 saturated carbocycles. The lowest BCUT2D eigenvalue weighted by atomic mass is 9.87. The molecule has 0 N–H and O–H groups in total. The number of benzene rings is 2. The first-order valence-corrected chi connectivity index (χ1v) is 7.40. The van der Waals surface area contributed by atoms with E-state index in [0.717, 1.165) is 21.1 Å². The molecule has 0 amide bonds. The van der Waals surface area contributed by atoms with Gasteiger partial charge in [-0.25, -0.2) is 4.98 Å². The molecule has 0 radical (unpaired) electrons. The Hall–Kier alpha value is -1.61. The Kier molecular flexibility index (Phi) is 3.17. The van der Waals surface area contributed by atoms with Gasteiger partial charge < -0.3 is 4.42 Å². The van der Waals surface area contributed by atoms with Crippen molar-refractivity contribution >= 4 is 27.0 Å². The minimum Gasteiger partial charge on any atom is -0.436 e. The molecule has 0 atom stereocenters. The largest absolute Gasteiger partial charge is 0.436 e. The van der Waals surface area contributed by atoms with Gasteiger partial charge in [-0.15, -0.1) is 0 Å². The molecule has 3 heteroatoms. The van der Waals surface area contributed by atoms with Crippen LogP contribution in [0.3, 0.4) is 0 Å². The van der Waals surface area contributed by atoms with Crippen molar-refractivity contribution in [2.45, 2.75) is 26.2 Å². The smallest absolute Gasteiger partial charge is 0.227 e. The second kappa shape index (κ2) is 4.74. The SMILES string of the molecule is CC(C)(C)c1ccc2nc(-c3ccc(Br)cc3)oc2c1. The summed E-state index contributed by atoms with van der Waals surface area (Å²) in [6.45, 7) is 6.58. The summed E-state index contributed by atoms with van der Waals surface area (Å²) in [5.74, 6) is 0.665. The average Bonchev–Trinajstić information content (AvgIpc) is 2.81. The summed E-state index contributed by atoms with van der Waals surface area (Å²) in [6, 6.07) is 14.2. The van der Waals surface area contributed by atoms with Gasteiger partial charge in [0, 0.05) is 10.0 Å². The summed E-state index contributed by atoms with van der Waals surface area (Å²) in [7, 11) is 0. The van der Waals surface area contributed by atoms with Crippen LogP contribution < -0.4 is 0 Å². The number of hydrogen-bond donors (Lipinski definition) is 0. The number of oxazole rings is 1. The van der Waals surface area contributed by atoms with Crippen molar-refractivity contribution in [3.8, 4) is 11.5 Å². The van der Waals surface area contributed by atoms with E-state index in [2.05, 4.69) is 53.8 Å². The van der Waals surface area contributed by atoms with Crippen molar-refractivity contribution in [2.75, 3.05) is 0 Å². The van der Waals surface area contributed by atoms with Gasteiger partial charge in [-0.05, 0) is 47.4 Å². The van der Waals surface area contributed by atoms with E-state index in [-0.39, 0.29) is 5.41 Å². The minimum absolute atomic E-state index is 0.110. The van der Waals surface area contributed by atoms with Gasteiger partial charge in [-0.1, -0.05) is 42.8 Å². The van der Waals surface area contributed by atoms with Crippen molar-refractivity contribution in [3.63, 3.8) is 0 Å². The van der Waals surface area contributed by atoms with Crippen LogP contribution in [0.15, 0.2) is 51.4 Å². The number of halogens is 1. The normalized spacial score (nSPS) is 12.0. The topological polar surface area (TPSA) is 26.0 Å². The van der Waals surface area contributed by atoms with Crippen molar-refractivity contribution in [1.29, 1.82) is 0 Å². The molecule has 3 rings (SSSR count). The minimum atomic E-state index is 0.110. The number of rotatable bonds is 1. The highest BCUT2D eigenvalue weighted by atomic mass is 79.9. The second-order valence-electron chi connectivity index (χ2n) is 5.96. The molecule has 0 aliphatic rings. The second-order valence-corrected chi connectivity index (χ2v) is 6.87. The monoisotopic (exact) mass is 329 g/mol. The number of nitrogens with zero attached hydrogens (tertiary/aromatic N) is 1. The van der Waals surface area contributed by atoms with Crippen LogP contribution in [0.4, 0.5) is 0 Å². The van der Waals surface area contributed by atoms with E-state index in [1.807, 2.05) is 30.3 Å². The van der Waals surface area contributed by atoms with Gasteiger partial charge in [0.25, 0.3) is 0 Å². The highest BCUT2D eigenvalue weighted by molar-refractivity contribution is 9.10. The quantitative estimate of drug-likeness (QED) is 0.584. The van der Waals surface area contributed by atoms with E-state index < -0.39 is 0 Å². The Morgan fingerprint density at radius 1 is 1.00 bits per heavy atom. The van der Waals surface area contributed by atoms with Gasteiger partial charge >= 0.3 is 0 Å². The van der Waals surface area contributed by atoms with Gasteiger partial charge in [0.2, 0.25) is 5.89 Å². The van der Waals surface area contributed by atoms with E-state index in [4.69, 9.17) is 4.42 Å². The molecule has 20 heavy (non-hydrogen) atoms. The molecule has 1 heterocycles. The molecular formula is C17H16BrNO. The molecule has 3 aromatic rings. The van der Waals surface area contributed by atoms with Crippen molar-refractivity contribution in [2.24, 2.45) is 0 Å². The van der Waals surface area contributed by atoms with Crippen molar-refractivity contribution < 1.29 is 4.42 Å². The van der Waals surface area contributed by atoms with Crippen LogP contribution in [-0.2, 0) is 5.41 Å². The molecule has 0 saturated heterocycles. The molecule has 0 aliphatic heterocycles. The molecule has 0 spiro atoms. The third kappa shape index (κ3) is 2.50. The predicted molar refractivity (Wildman–Crippen MR) is 85.8 cm³/mol. The number of aromatic nitrogens is 1. The first kappa shape index (κ1) is 13.4. The Morgan fingerprint density at radius 2 is 1.70 bits per heavy atom. The molecule has 102 valence electrons. The Balaban J connectivity index is 2.09. The maximum atomic E-state index is 5.90. The summed E-state index contributed by atoms with van der Waals surface area (Å²) >= 11 is 3.43.